The molecule has 9 heteroatoms. The van der Waals surface area contributed by atoms with E-state index >= 15 is 0 Å². The van der Waals surface area contributed by atoms with E-state index in [1.165, 1.54) is 24.9 Å². The highest BCUT2D eigenvalue weighted by atomic mass is 16.1. The summed E-state index contributed by atoms with van der Waals surface area (Å²) in [5.74, 6) is 1.07. The monoisotopic (exact) mass is 380 g/mol. The molecule has 2 fully saturated rings. The highest BCUT2D eigenvalue weighted by Gasteiger charge is 2.27. The van der Waals surface area contributed by atoms with Gasteiger partial charge in [-0.3, -0.25) is 9.69 Å². The lowest BCUT2D eigenvalue weighted by atomic mass is 9.97. The summed E-state index contributed by atoms with van der Waals surface area (Å²) in [5.41, 5.74) is 1.25. The second-order valence-corrected chi connectivity index (χ2v) is 7.79. The summed E-state index contributed by atoms with van der Waals surface area (Å²) in [4.78, 5) is 23.0. The van der Waals surface area contributed by atoms with Crippen LogP contribution in [0.3, 0.4) is 0 Å². The van der Waals surface area contributed by atoms with Crippen molar-refractivity contribution in [1.82, 2.24) is 39.0 Å². The molecule has 5 rings (SSSR count). The first-order chi connectivity index (χ1) is 13.8. The van der Waals surface area contributed by atoms with Crippen LogP contribution >= 0.6 is 0 Å². The number of rotatable bonds is 6. The first-order valence-electron chi connectivity index (χ1n) is 9.92. The minimum Gasteiger partial charge on any atom is -0.330 e. The number of likely N-dealkylation sites (tertiary alicyclic amines) is 1. The van der Waals surface area contributed by atoms with Crippen LogP contribution < -0.4 is 5.56 Å². The molecule has 4 heterocycles. The third-order valence-electron chi connectivity index (χ3n) is 5.72. The normalized spacial score (nSPS) is 18.6. The molecule has 0 spiro atoms. The van der Waals surface area contributed by atoms with Crippen molar-refractivity contribution in [1.29, 1.82) is 0 Å². The van der Waals surface area contributed by atoms with Gasteiger partial charge >= 0.3 is 0 Å². The average molecular weight is 380 g/mol. The molecule has 0 aromatic carbocycles. The second kappa shape index (κ2) is 7.31. The zero-order valence-electron chi connectivity index (χ0n) is 15.8. The molecule has 0 unspecified atom stereocenters. The zero-order valence-corrected chi connectivity index (χ0v) is 15.8. The molecule has 146 valence electrons. The lowest BCUT2D eigenvalue weighted by molar-refractivity contribution is 0.160. The molecule has 1 aliphatic heterocycles. The molecular formula is C19H24N8O. The molecule has 1 aliphatic carbocycles. The van der Waals surface area contributed by atoms with E-state index in [0.717, 1.165) is 32.5 Å². The highest BCUT2D eigenvalue weighted by Crippen LogP contribution is 2.36. The Morgan fingerprint density at radius 2 is 1.89 bits per heavy atom. The summed E-state index contributed by atoms with van der Waals surface area (Å²) in [6.45, 7) is 3.69. The molecule has 0 amide bonds. The summed E-state index contributed by atoms with van der Waals surface area (Å²) in [6, 6.07) is 3.90. The second-order valence-electron chi connectivity index (χ2n) is 7.79. The van der Waals surface area contributed by atoms with Crippen molar-refractivity contribution in [2.75, 3.05) is 13.1 Å². The van der Waals surface area contributed by atoms with Gasteiger partial charge in [0.05, 0.1) is 12.0 Å². The van der Waals surface area contributed by atoms with Gasteiger partial charge < -0.3 is 4.57 Å². The molecule has 2 aliphatic rings. The van der Waals surface area contributed by atoms with Crippen molar-refractivity contribution < 1.29 is 0 Å². The van der Waals surface area contributed by atoms with Crippen molar-refractivity contribution in [3.63, 3.8) is 0 Å². The Labute approximate surface area is 162 Å². The van der Waals surface area contributed by atoms with Gasteiger partial charge in [-0.2, -0.15) is 5.10 Å². The van der Waals surface area contributed by atoms with Crippen LogP contribution in [0.4, 0.5) is 0 Å². The van der Waals surface area contributed by atoms with Crippen LogP contribution in [-0.2, 0) is 13.1 Å². The molecule has 0 atom stereocenters. The van der Waals surface area contributed by atoms with E-state index in [1.54, 1.807) is 27.8 Å². The number of hydrogen-bond acceptors (Lipinski definition) is 6. The predicted octanol–water partition coefficient (Wildman–Crippen LogP) is 1.27. The number of nitrogens with zero attached hydrogens (tertiary/aromatic N) is 8. The van der Waals surface area contributed by atoms with Crippen molar-refractivity contribution in [2.45, 2.75) is 44.8 Å². The van der Waals surface area contributed by atoms with Crippen molar-refractivity contribution in [3.8, 4) is 5.82 Å². The minimum absolute atomic E-state index is 0.0698. The average Bonchev–Trinajstić information content (AvgIpc) is 3.21. The van der Waals surface area contributed by atoms with E-state index in [4.69, 9.17) is 0 Å². The van der Waals surface area contributed by atoms with Gasteiger partial charge in [0.25, 0.3) is 5.56 Å². The third kappa shape index (κ3) is 3.62. The molecule has 1 saturated carbocycles. The van der Waals surface area contributed by atoms with E-state index < -0.39 is 0 Å². The summed E-state index contributed by atoms with van der Waals surface area (Å²) in [5, 5.41) is 8.55. The fourth-order valence-corrected chi connectivity index (χ4v) is 3.95. The standard InChI is InChI=1S/C19H24N8O/c28-19-4-3-18(27-14-21-12-22-27)23-26(19)10-15-5-7-24(8-6-15)11-17-9-20-13-25(17)16-1-2-16/h3-4,9,12-16H,1-2,5-8,10-11H2. The number of imidazole rings is 1. The summed E-state index contributed by atoms with van der Waals surface area (Å²) < 4.78 is 5.48. The molecular weight excluding hydrogens is 356 g/mol. The molecule has 0 radical (unpaired) electrons. The Morgan fingerprint density at radius 1 is 1.04 bits per heavy atom. The lowest BCUT2D eigenvalue weighted by Crippen LogP contribution is -2.37. The first-order valence-corrected chi connectivity index (χ1v) is 9.92. The maximum atomic E-state index is 12.2. The van der Waals surface area contributed by atoms with E-state index in [-0.39, 0.29) is 5.56 Å². The Morgan fingerprint density at radius 3 is 2.64 bits per heavy atom. The lowest BCUT2D eigenvalue weighted by Gasteiger charge is -2.32. The fourth-order valence-electron chi connectivity index (χ4n) is 3.95. The van der Waals surface area contributed by atoms with E-state index in [9.17, 15) is 4.79 Å². The van der Waals surface area contributed by atoms with Gasteiger partial charge in [0.1, 0.15) is 12.7 Å². The van der Waals surface area contributed by atoms with Gasteiger partial charge in [-0.05, 0) is 50.8 Å². The van der Waals surface area contributed by atoms with Crippen LogP contribution in [0.5, 0.6) is 0 Å². The summed E-state index contributed by atoms with van der Waals surface area (Å²) in [7, 11) is 0. The van der Waals surface area contributed by atoms with Crippen molar-refractivity contribution in [2.24, 2.45) is 5.92 Å². The first kappa shape index (κ1) is 17.3. The van der Waals surface area contributed by atoms with Crippen LogP contribution in [0.15, 0.2) is 42.1 Å². The van der Waals surface area contributed by atoms with Crippen molar-refractivity contribution >= 4 is 0 Å². The van der Waals surface area contributed by atoms with Crippen LogP contribution in [0.25, 0.3) is 5.82 Å². The molecule has 0 bridgehead atoms. The van der Waals surface area contributed by atoms with Gasteiger partial charge in [0.2, 0.25) is 0 Å². The molecule has 0 N–H and O–H groups in total. The Balaban J connectivity index is 1.20. The number of piperidine rings is 1. The largest absolute Gasteiger partial charge is 0.330 e. The molecule has 3 aromatic rings. The highest BCUT2D eigenvalue weighted by molar-refractivity contribution is 5.16. The Bertz CT molecular complexity index is 980. The van der Waals surface area contributed by atoms with Gasteiger partial charge in [-0.15, -0.1) is 5.10 Å². The van der Waals surface area contributed by atoms with E-state index in [2.05, 4.69) is 29.6 Å². The number of hydrogen-bond donors (Lipinski definition) is 0. The maximum Gasteiger partial charge on any atom is 0.266 e. The van der Waals surface area contributed by atoms with Crippen LogP contribution in [0, 0.1) is 5.92 Å². The quantitative estimate of drug-likeness (QED) is 0.640. The van der Waals surface area contributed by atoms with Crippen LogP contribution in [0.2, 0.25) is 0 Å². The maximum absolute atomic E-state index is 12.2. The molecule has 28 heavy (non-hydrogen) atoms. The smallest absolute Gasteiger partial charge is 0.266 e. The zero-order chi connectivity index (χ0) is 18.9. The van der Waals surface area contributed by atoms with Gasteiger partial charge in [0, 0.05) is 31.4 Å². The SMILES string of the molecule is O=c1ccc(-n2cncn2)nn1CC1CCN(Cc2cncn2C2CC2)CC1. The van der Waals surface area contributed by atoms with Gasteiger partial charge in [0.15, 0.2) is 5.82 Å². The van der Waals surface area contributed by atoms with Crippen LogP contribution in [-0.4, -0.2) is 52.1 Å². The van der Waals surface area contributed by atoms with Crippen molar-refractivity contribution in [3.05, 3.63) is 53.4 Å². The molecule has 1 saturated heterocycles. The van der Waals surface area contributed by atoms with Gasteiger partial charge in [-0.1, -0.05) is 0 Å². The summed E-state index contributed by atoms with van der Waals surface area (Å²) in [6.07, 6.45) is 11.7. The van der Waals surface area contributed by atoms with E-state index in [0.29, 0.717) is 24.3 Å². The topological polar surface area (TPSA) is 86.7 Å². The van der Waals surface area contributed by atoms with E-state index in [1.807, 2.05) is 12.5 Å². The summed E-state index contributed by atoms with van der Waals surface area (Å²) >= 11 is 0. The fraction of sp³-hybridized carbons (Fsp3) is 0.526. The predicted molar refractivity (Wildman–Crippen MR) is 102 cm³/mol. The molecule has 3 aromatic heterocycles. The van der Waals surface area contributed by atoms with Crippen LogP contribution in [0.1, 0.15) is 37.4 Å². The minimum atomic E-state index is -0.0698. The molecule has 9 nitrogen and oxygen atoms in total. The Hall–Kier alpha value is -2.81. The Kier molecular flexibility index (Phi) is 4.52. The number of aromatic nitrogens is 7. The van der Waals surface area contributed by atoms with Gasteiger partial charge in [-0.25, -0.2) is 19.3 Å². The third-order valence-corrected chi connectivity index (χ3v) is 5.72.